The van der Waals surface area contributed by atoms with E-state index >= 15 is 0 Å². The van der Waals surface area contributed by atoms with Crippen LogP contribution in [-0.2, 0) is 13.0 Å². The molecule has 0 atom stereocenters. The van der Waals surface area contributed by atoms with Crippen LogP contribution in [0.25, 0.3) is 11.2 Å². The normalized spacial score (nSPS) is 15.1. The molecule has 35 heavy (non-hydrogen) atoms. The van der Waals surface area contributed by atoms with Crippen molar-refractivity contribution in [1.29, 1.82) is 0 Å². The van der Waals surface area contributed by atoms with Gasteiger partial charge in [0.15, 0.2) is 11.5 Å². The summed E-state index contributed by atoms with van der Waals surface area (Å²) in [5, 5.41) is 3.56. The summed E-state index contributed by atoms with van der Waals surface area (Å²) in [7, 11) is 0. The molecule has 0 bridgehead atoms. The zero-order chi connectivity index (χ0) is 24.5. The van der Waals surface area contributed by atoms with Gasteiger partial charge in [-0.05, 0) is 76.3 Å². The molecule has 0 saturated carbocycles. The number of aromatic amines is 1. The molecule has 190 valence electrons. The fourth-order valence-electron chi connectivity index (χ4n) is 4.65. The van der Waals surface area contributed by atoms with Crippen molar-refractivity contribution in [2.24, 2.45) is 5.92 Å². The molecule has 0 spiro atoms. The Kier molecular flexibility index (Phi) is 9.14. The molecule has 3 aromatic rings. The third-order valence-electron chi connectivity index (χ3n) is 6.77. The molecule has 2 aromatic heterocycles. The number of anilines is 1. The van der Waals surface area contributed by atoms with Crippen LogP contribution >= 0.6 is 0 Å². The van der Waals surface area contributed by atoms with E-state index in [0.29, 0.717) is 30.2 Å². The quantitative estimate of drug-likeness (QED) is 0.322. The predicted molar refractivity (Wildman–Crippen MR) is 140 cm³/mol. The van der Waals surface area contributed by atoms with Crippen molar-refractivity contribution in [3.63, 3.8) is 0 Å². The van der Waals surface area contributed by atoms with Crippen molar-refractivity contribution in [3.05, 3.63) is 46.4 Å². The van der Waals surface area contributed by atoms with Crippen LogP contribution in [0.5, 0.6) is 6.01 Å². The highest BCUT2D eigenvalue weighted by Crippen LogP contribution is 2.22. The number of piperidine rings is 1. The third kappa shape index (κ3) is 7.05. The number of unbranched alkanes of at least 4 members (excludes halogenated alkanes) is 1. The lowest BCUT2D eigenvalue weighted by Crippen LogP contribution is -2.37. The maximum Gasteiger partial charge on any atom is 0.327 e. The minimum atomic E-state index is -0.185. The van der Waals surface area contributed by atoms with Crippen molar-refractivity contribution in [2.45, 2.75) is 52.0 Å². The Hall–Kier alpha value is -2.91. The van der Waals surface area contributed by atoms with E-state index in [9.17, 15) is 4.79 Å². The van der Waals surface area contributed by atoms with Gasteiger partial charge in [-0.1, -0.05) is 43.7 Å². The standard InChI is InChI=1S/C26H39N7O2/c1-2-3-18-35-25-30-23(27)22-24(31-25)33(26(34)29-22)19-21-11-16-32(17-12-21)15-7-13-28-14-10-20-8-5-4-6-9-20/h4-6,8-9,21,28H,2-3,7,10-19H2,1H3,(H,29,34)(H2,27,30,31). The van der Waals surface area contributed by atoms with Crippen LogP contribution in [0.2, 0.25) is 0 Å². The Labute approximate surface area is 207 Å². The van der Waals surface area contributed by atoms with Gasteiger partial charge in [-0.25, -0.2) is 4.79 Å². The molecular weight excluding hydrogens is 442 g/mol. The van der Waals surface area contributed by atoms with E-state index < -0.39 is 0 Å². The molecule has 0 radical (unpaired) electrons. The van der Waals surface area contributed by atoms with Gasteiger partial charge < -0.3 is 25.7 Å². The number of nitrogens with one attached hydrogen (secondary N) is 2. The van der Waals surface area contributed by atoms with Gasteiger partial charge in [0, 0.05) is 6.54 Å². The number of aromatic nitrogens is 4. The molecule has 1 aliphatic heterocycles. The van der Waals surface area contributed by atoms with Gasteiger partial charge in [-0.15, -0.1) is 0 Å². The number of nitrogen functional groups attached to an aromatic ring is 1. The molecule has 9 nitrogen and oxygen atoms in total. The fourth-order valence-corrected chi connectivity index (χ4v) is 4.65. The molecule has 1 saturated heterocycles. The zero-order valence-electron chi connectivity index (χ0n) is 20.8. The third-order valence-corrected chi connectivity index (χ3v) is 6.77. The number of benzene rings is 1. The lowest BCUT2D eigenvalue weighted by atomic mass is 9.96. The maximum absolute atomic E-state index is 12.6. The summed E-state index contributed by atoms with van der Waals surface area (Å²) in [6.07, 6.45) is 6.31. The molecule has 1 aromatic carbocycles. The summed E-state index contributed by atoms with van der Waals surface area (Å²) < 4.78 is 7.35. The van der Waals surface area contributed by atoms with E-state index in [1.165, 1.54) is 5.56 Å². The van der Waals surface area contributed by atoms with Crippen molar-refractivity contribution >= 4 is 17.0 Å². The summed E-state index contributed by atoms with van der Waals surface area (Å²) in [5.74, 6) is 0.692. The van der Waals surface area contributed by atoms with Gasteiger partial charge in [0.25, 0.3) is 0 Å². The first-order valence-electron chi connectivity index (χ1n) is 13.0. The lowest BCUT2D eigenvalue weighted by molar-refractivity contribution is 0.172. The minimum Gasteiger partial charge on any atom is -0.463 e. The predicted octanol–water partition coefficient (Wildman–Crippen LogP) is 2.82. The molecule has 4 rings (SSSR count). The number of nitrogens with zero attached hydrogens (tertiary/aromatic N) is 4. The second-order valence-electron chi connectivity index (χ2n) is 9.46. The zero-order valence-corrected chi connectivity index (χ0v) is 20.8. The fraction of sp³-hybridized carbons (Fsp3) is 0.577. The number of ether oxygens (including phenoxy) is 1. The van der Waals surface area contributed by atoms with E-state index in [0.717, 1.165) is 71.2 Å². The smallest absolute Gasteiger partial charge is 0.327 e. The summed E-state index contributed by atoms with van der Waals surface area (Å²) in [6.45, 7) is 8.58. The van der Waals surface area contributed by atoms with Crippen LogP contribution in [0.15, 0.2) is 35.1 Å². The summed E-state index contributed by atoms with van der Waals surface area (Å²) >= 11 is 0. The number of rotatable bonds is 13. The number of H-pyrrole nitrogens is 1. The van der Waals surface area contributed by atoms with Crippen molar-refractivity contribution < 1.29 is 4.74 Å². The highest BCUT2D eigenvalue weighted by atomic mass is 16.5. The Morgan fingerprint density at radius 2 is 1.94 bits per heavy atom. The lowest BCUT2D eigenvalue weighted by Gasteiger charge is -2.32. The first-order valence-corrected chi connectivity index (χ1v) is 13.0. The van der Waals surface area contributed by atoms with Crippen molar-refractivity contribution in [3.8, 4) is 6.01 Å². The topological polar surface area (TPSA) is 114 Å². The number of nitrogens with two attached hydrogens (primary N) is 1. The van der Waals surface area contributed by atoms with E-state index in [4.69, 9.17) is 10.5 Å². The van der Waals surface area contributed by atoms with E-state index in [1.54, 1.807) is 4.57 Å². The number of fused-ring (bicyclic) bond motifs is 1. The van der Waals surface area contributed by atoms with Gasteiger partial charge in [0.1, 0.15) is 5.52 Å². The van der Waals surface area contributed by atoms with Gasteiger partial charge >= 0.3 is 11.7 Å². The van der Waals surface area contributed by atoms with Crippen LogP contribution in [-0.4, -0.2) is 63.7 Å². The van der Waals surface area contributed by atoms with Crippen LogP contribution in [0.3, 0.4) is 0 Å². The molecular formula is C26H39N7O2. The molecule has 1 aliphatic rings. The van der Waals surface area contributed by atoms with Crippen LogP contribution in [0, 0.1) is 5.92 Å². The van der Waals surface area contributed by atoms with E-state index in [1.807, 2.05) is 0 Å². The van der Waals surface area contributed by atoms with Crippen molar-refractivity contribution in [2.75, 3.05) is 45.1 Å². The second-order valence-corrected chi connectivity index (χ2v) is 9.46. The highest BCUT2D eigenvalue weighted by Gasteiger charge is 2.22. The van der Waals surface area contributed by atoms with Gasteiger partial charge in [0.2, 0.25) is 0 Å². The Morgan fingerprint density at radius 3 is 2.71 bits per heavy atom. The first-order chi connectivity index (χ1) is 17.1. The Morgan fingerprint density at radius 1 is 1.14 bits per heavy atom. The van der Waals surface area contributed by atoms with E-state index in [-0.39, 0.29) is 17.5 Å². The largest absolute Gasteiger partial charge is 0.463 e. The Balaban J connectivity index is 1.21. The average Bonchev–Trinajstić information content (AvgIpc) is 3.18. The average molecular weight is 482 g/mol. The summed E-state index contributed by atoms with van der Waals surface area (Å²) in [5.41, 5.74) is 8.31. The van der Waals surface area contributed by atoms with Crippen LogP contribution < -0.4 is 21.5 Å². The SMILES string of the molecule is CCCCOc1nc(N)c2[nH]c(=O)n(CC3CCN(CCCNCCc4ccccc4)CC3)c2n1. The molecule has 1 fully saturated rings. The monoisotopic (exact) mass is 481 g/mol. The number of hydrogen-bond acceptors (Lipinski definition) is 7. The minimum absolute atomic E-state index is 0.185. The number of imidazole rings is 1. The number of hydrogen-bond donors (Lipinski definition) is 3. The van der Waals surface area contributed by atoms with Gasteiger partial charge in [0.05, 0.1) is 6.61 Å². The molecule has 0 aliphatic carbocycles. The van der Waals surface area contributed by atoms with Gasteiger partial charge in [-0.3, -0.25) is 4.57 Å². The Bertz CT molecular complexity index is 1100. The molecule has 9 heteroatoms. The molecule has 0 amide bonds. The molecule has 4 N–H and O–H groups in total. The molecule has 0 unspecified atom stereocenters. The molecule has 3 heterocycles. The van der Waals surface area contributed by atoms with E-state index in [2.05, 4.69) is 62.4 Å². The highest BCUT2D eigenvalue weighted by molar-refractivity contribution is 5.81. The first kappa shape index (κ1) is 25.2. The van der Waals surface area contributed by atoms with Crippen LogP contribution in [0.1, 0.15) is 44.6 Å². The summed E-state index contributed by atoms with van der Waals surface area (Å²) in [6, 6.07) is 10.8. The number of likely N-dealkylation sites (tertiary alicyclic amines) is 1. The maximum atomic E-state index is 12.6. The van der Waals surface area contributed by atoms with Gasteiger partial charge in [-0.2, -0.15) is 9.97 Å². The second kappa shape index (κ2) is 12.7. The van der Waals surface area contributed by atoms with Crippen LogP contribution in [0.4, 0.5) is 5.82 Å². The van der Waals surface area contributed by atoms with Crippen molar-refractivity contribution in [1.82, 2.24) is 29.7 Å². The summed E-state index contributed by atoms with van der Waals surface area (Å²) in [4.78, 5) is 26.7.